The molecule has 2 rings (SSSR count). The standard InChI is InChI=1S/C14H17FN4O3S/c1-9-3-4-11(15)13(5-9)23(21,22)19-12(14(20)16-2)6-10-7-17-8-18-10/h3-5,7-8,12,19H,6H2,1-2H3,(H,16,20)(H,17,18)/t12-/m0/s1. The van der Waals surface area contributed by atoms with Gasteiger partial charge in [0.25, 0.3) is 0 Å². The van der Waals surface area contributed by atoms with Crippen molar-refractivity contribution in [3.63, 3.8) is 0 Å². The van der Waals surface area contributed by atoms with E-state index in [0.29, 0.717) is 11.3 Å². The highest BCUT2D eigenvalue weighted by molar-refractivity contribution is 7.89. The van der Waals surface area contributed by atoms with Crippen molar-refractivity contribution >= 4 is 15.9 Å². The molecule has 124 valence electrons. The Kier molecular flexibility index (Phi) is 5.12. The number of imidazole rings is 1. The fourth-order valence-corrected chi connectivity index (χ4v) is 3.40. The second kappa shape index (κ2) is 6.88. The van der Waals surface area contributed by atoms with Gasteiger partial charge in [0, 0.05) is 25.4 Å². The molecule has 2 aromatic rings. The number of aromatic nitrogens is 2. The number of aromatic amines is 1. The smallest absolute Gasteiger partial charge is 0.244 e. The minimum absolute atomic E-state index is 0.0618. The van der Waals surface area contributed by atoms with E-state index < -0.39 is 32.7 Å². The lowest BCUT2D eigenvalue weighted by molar-refractivity contribution is -0.122. The summed E-state index contributed by atoms with van der Waals surface area (Å²) in [6.07, 6.45) is 2.97. The Bertz CT molecular complexity index is 790. The lowest BCUT2D eigenvalue weighted by Gasteiger charge is -2.17. The molecule has 3 N–H and O–H groups in total. The van der Waals surface area contributed by atoms with E-state index in [2.05, 4.69) is 20.0 Å². The molecule has 23 heavy (non-hydrogen) atoms. The Morgan fingerprint density at radius 2 is 2.17 bits per heavy atom. The van der Waals surface area contributed by atoms with Gasteiger partial charge in [0.05, 0.1) is 6.33 Å². The fourth-order valence-electron chi connectivity index (χ4n) is 2.05. The number of H-pyrrole nitrogens is 1. The quantitative estimate of drug-likeness (QED) is 0.712. The number of hydrogen-bond acceptors (Lipinski definition) is 4. The third kappa shape index (κ3) is 4.14. The van der Waals surface area contributed by atoms with Crippen LogP contribution in [0.15, 0.2) is 35.6 Å². The van der Waals surface area contributed by atoms with Gasteiger partial charge in [0.1, 0.15) is 16.8 Å². The molecule has 0 unspecified atom stereocenters. The van der Waals surface area contributed by atoms with Gasteiger partial charge in [-0.2, -0.15) is 4.72 Å². The maximum atomic E-state index is 13.8. The molecular formula is C14H17FN4O3S. The summed E-state index contributed by atoms with van der Waals surface area (Å²) in [6, 6.07) is 2.67. The topological polar surface area (TPSA) is 104 Å². The summed E-state index contributed by atoms with van der Waals surface area (Å²) in [5.74, 6) is -1.41. The van der Waals surface area contributed by atoms with Crippen molar-refractivity contribution in [3.05, 3.63) is 47.8 Å². The van der Waals surface area contributed by atoms with E-state index in [-0.39, 0.29) is 6.42 Å². The molecule has 0 fully saturated rings. The van der Waals surface area contributed by atoms with Gasteiger partial charge in [0.15, 0.2) is 0 Å². The first-order valence-corrected chi connectivity index (χ1v) is 8.29. The van der Waals surface area contributed by atoms with Crippen molar-refractivity contribution in [2.24, 2.45) is 0 Å². The second-order valence-corrected chi connectivity index (χ2v) is 6.69. The summed E-state index contributed by atoms with van der Waals surface area (Å²) in [5, 5.41) is 2.38. The maximum Gasteiger partial charge on any atom is 0.244 e. The normalized spacial score (nSPS) is 12.8. The van der Waals surface area contributed by atoms with E-state index in [0.717, 1.165) is 6.07 Å². The van der Waals surface area contributed by atoms with E-state index in [1.165, 1.54) is 31.7 Å². The highest BCUT2D eigenvalue weighted by Crippen LogP contribution is 2.17. The lowest BCUT2D eigenvalue weighted by atomic mass is 10.2. The molecule has 0 spiro atoms. The molecule has 1 aromatic carbocycles. The first-order valence-electron chi connectivity index (χ1n) is 6.81. The van der Waals surface area contributed by atoms with Crippen molar-refractivity contribution < 1.29 is 17.6 Å². The van der Waals surface area contributed by atoms with Crippen LogP contribution in [0, 0.1) is 12.7 Å². The van der Waals surface area contributed by atoms with Crippen LogP contribution in [0.4, 0.5) is 4.39 Å². The van der Waals surface area contributed by atoms with Crippen molar-refractivity contribution in [3.8, 4) is 0 Å². The van der Waals surface area contributed by atoms with Crippen LogP contribution in [0.1, 0.15) is 11.3 Å². The molecule has 0 bridgehead atoms. The van der Waals surface area contributed by atoms with E-state index >= 15 is 0 Å². The van der Waals surface area contributed by atoms with Crippen LogP contribution in [-0.4, -0.2) is 37.4 Å². The number of benzene rings is 1. The van der Waals surface area contributed by atoms with Crippen molar-refractivity contribution in [2.75, 3.05) is 7.05 Å². The number of halogens is 1. The van der Waals surface area contributed by atoms with Crippen molar-refractivity contribution in [1.82, 2.24) is 20.0 Å². The largest absolute Gasteiger partial charge is 0.358 e. The molecule has 7 nitrogen and oxygen atoms in total. The number of carbonyl (C=O) groups excluding carboxylic acids is 1. The summed E-state index contributed by atoms with van der Waals surface area (Å²) in [5.41, 5.74) is 1.17. The molecule has 0 aliphatic carbocycles. The molecule has 0 saturated heterocycles. The summed E-state index contributed by atoms with van der Waals surface area (Å²) in [7, 11) is -2.80. The number of rotatable bonds is 6. The zero-order valence-electron chi connectivity index (χ0n) is 12.6. The molecule has 1 atom stereocenters. The van der Waals surface area contributed by atoms with Crippen LogP contribution < -0.4 is 10.0 Å². The molecule has 0 radical (unpaired) electrons. The molecular weight excluding hydrogens is 323 g/mol. The van der Waals surface area contributed by atoms with Crippen LogP contribution >= 0.6 is 0 Å². The molecule has 0 aliphatic rings. The molecule has 1 heterocycles. The molecule has 9 heteroatoms. The Hall–Kier alpha value is -2.26. The number of likely N-dealkylation sites (N-methyl/N-ethyl adjacent to an activating group) is 1. The van der Waals surface area contributed by atoms with Gasteiger partial charge in [-0.1, -0.05) is 6.07 Å². The van der Waals surface area contributed by atoms with Gasteiger partial charge in [0.2, 0.25) is 15.9 Å². The average Bonchev–Trinajstić information content (AvgIpc) is 3.01. The monoisotopic (exact) mass is 340 g/mol. The SMILES string of the molecule is CNC(=O)[C@H](Cc1cnc[nH]1)NS(=O)(=O)c1cc(C)ccc1F. The predicted octanol–water partition coefficient (Wildman–Crippen LogP) is 0.493. The lowest BCUT2D eigenvalue weighted by Crippen LogP contribution is -2.47. The summed E-state index contributed by atoms with van der Waals surface area (Å²) in [6.45, 7) is 1.65. The van der Waals surface area contributed by atoms with Crippen LogP contribution in [0.5, 0.6) is 0 Å². The Labute approximate surface area is 133 Å². The summed E-state index contributed by atoms with van der Waals surface area (Å²) >= 11 is 0. The zero-order chi connectivity index (χ0) is 17.0. The van der Waals surface area contributed by atoms with Crippen LogP contribution in [0.25, 0.3) is 0 Å². The van der Waals surface area contributed by atoms with Crippen LogP contribution in [0.3, 0.4) is 0 Å². The van der Waals surface area contributed by atoms with Gasteiger partial charge in [-0.15, -0.1) is 0 Å². The molecule has 1 aromatic heterocycles. The van der Waals surface area contributed by atoms with Crippen molar-refractivity contribution in [2.45, 2.75) is 24.3 Å². The first-order chi connectivity index (χ1) is 10.8. The van der Waals surface area contributed by atoms with Crippen molar-refractivity contribution in [1.29, 1.82) is 0 Å². The first kappa shape index (κ1) is 17.1. The van der Waals surface area contributed by atoms with Gasteiger partial charge in [-0.25, -0.2) is 17.8 Å². The van der Waals surface area contributed by atoms with Crippen LogP contribution in [0.2, 0.25) is 0 Å². The van der Waals surface area contributed by atoms with E-state index in [1.807, 2.05) is 0 Å². The highest BCUT2D eigenvalue weighted by atomic mass is 32.2. The Morgan fingerprint density at radius 1 is 1.43 bits per heavy atom. The highest BCUT2D eigenvalue weighted by Gasteiger charge is 2.27. The van der Waals surface area contributed by atoms with Gasteiger partial charge >= 0.3 is 0 Å². The second-order valence-electron chi connectivity index (χ2n) is 5.00. The number of sulfonamides is 1. The number of hydrogen-bond donors (Lipinski definition) is 3. The van der Waals surface area contributed by atoms with Gasteiger partial charge in [-0.05, 0) is 24.6 Å². The van der Waals surface area contributed by atoms with Crippen LogP contribution in [-0.2, 0) is 21.2 Å². The molecule has 1 amide bonds. The number of nitrogens with one attached hydrogen (secondary N) is 3. The van der Waals surface area contributed by atoms with E-state index in [1.54, 1.807) is 6.92 Å². The third-order valence-corrected chi connectivity index (χ3v) is 4.70. The number of aryl methyl sites for hydroxylation is 1. The maximum absolute atomic E-state index is 13.8. The average molecular weight is 340 g/mol. The van der Waals surface area contributed by atoms with E-state index in [9.17, 15) is 17.6 Å². The summed E-state index contributed by atoms with van der Waals surface area (Å²) < 4.78 is 40.9. The minimum atomic E-state index is -4.19. The number of nitrogens with zero attached hydrogens (tertiary/aromatic N) is 1. The summed E-state index contributed by atoms with van der Waals surface area (Å²) in [4.78, 5) is 18.1. The third-order valence-electron chi connectivity index (χ3n) is 3.22. The predicted molar refractivity (Wildman–Crippen MR) is 81.6 cm³/mol. The molecule has 0 aliphatic heterocycles. The van der Waals surface area contributed by atoms with Gasteiger partial charge in [-0.3, -0.25) is 4.79 Å². The Morgan fingerprint density at radius 3 is 2.78 bits per heavy atom. The number of amides is 1. The van der Waals surface area contributed by atoms with Gasteiger partial charge < -0.3 is 10.3 Å². The minimum Gasteiger partial charge on any atom is -0.358 e. The van der Waals surface area contributed by atoms with E-state index in [4.69, 9.17) is 0 Å². The Balaban J connectivity index is 2.30. The molecule has 0 saturated carbocycles. The number of carbonyl (C=O) groups is 1. The fraction of sp³-hybridized carbons (Fsp3) is 0.286. The zero-order valence-corrected chi connectivity index (χ0v) is 13.4.